The molecule has 24 heavy (non-hydrogen) atoms. The van der Waals surface area contributed by atoms with Gasteiger partial charge in [-0.3, -0.25) is 4.79 Å². The molecule has 0 saturated carbocycles. The number of hydrogen-bond donors (Lipinski definition) is 2. The van der Waals surface area contributed by atoms with Crippen molar-refractivity contribution in [1.82, 2.24) is 10.6 Å². The van der Waals surface area contributed by atoms with E-state index >= 15 is 0 Å². The summed E-state index contributed by atoms with van der Waals surface area (Å²) in [7, 11) is 0. The number of carbonyl (C=O) groups is 1. The molecular weight excluding hydrogens is 335 g/mol. The van der Waals surface area contributed by atoms with Crippen LogP contribution in [0.3, 0.4) is 0 Å². The molecule has 0 bridgehead atoms. The first kappa shape index (κ1) is 19.1. The molecule has 2 aliphatic rings. The molecule has 3 rings (SSSR count). The number of ether oxygens (including phenoxy) is 2. The molecule has 0 radical (unpaired) electrons. The average Bonchev–Trinajstić information content (AvgIpc) is 2.62. The average molecular weight is 359 g/mol. The van der Waals surface area contributed by atoms with Crippen LogP contribution in [0, 0.1) is 5.82 Å². The Morgan fingerprint density at radius 3 is 2.54 bits per heavy atom. The second-order valence-corrected chi connectivity index (χ2v) is 6.20. The molecule has 1 atom stereocenters. The van der Waals surface area contributed by atoms with Gasteiger partial charge in [-0.05, 0) is 30.5 Å². The summed E-state index contributed by atoms with van der Waals surface area (Å²) in [6.07, 6.45) is 1.63. The zero-order chi connectivity index (χ0) is 16.1. The SMILES string of the molecule is Cl.O=C(NCC1(c2ccc(F)cc2)CCOCC1)C1COCCN1. The van der Waals surface area contributed by atoms with Crippen LogP contribution in [0.1, 0.15) is 18.4 Å². The van der Waals surface area contributed by atoms with Gasteiger partial charge in [0.05, 0.1) is 13.2 Å². The van der Waals surface area contributed by atoms with Crippen molar-refractivity contribution in [1.29, 1.82) is 0 Å². The first-order valence-electron chi connectivity index (χ1n) is 8.12. The molecule has 0 aliphatic carbocycles. The highest BCUT2D eigenvalue weighted by Crippen LogP contribution is 2.34. The van der Waals surface area contributed by atoms with Crippen LogP contribution in [0.2, 0.25) is 0 Å². The fourth-order valence-corrected chi connectivity index (χ4v) is 3.25. The van der Waals surface area contributed by atoms with E-state index in [2.05, 4.69) is 10.6 Å². The molecule has 2 heterocycles. The van der Waals surface area contributed by atoms with Crippen molar-refractivity contribution >= 4 is 18.3 Å². The molecule has 134 valence electrons. The number of hydrogen-bond acceptors (Lipinski definition) is 4. The molecule has 0 spiro atoms. The zero-order valence-corrected chi connectivity index (χ0v) is 14.4. The molecule has 1 aromatic rings. The molecule has 2 fully saturated rings. The summed E-state index contributed by atoms with van der Waals surface area (Å²) in [5.74, 6) is -0.291. The maximum atomic E-state index is 13.2. The second-order valence-electron chi connectivity index (χ2n) is 6.20. The summed E-state index contributed by atoms with van der Waals surface area (Å²) in [6, 6.07) is 6.29. The van der Waals surface area contributed by atoms with Gasteiger partial charge in [-0.1, -0.05) is 12.1 Å². The largest absolute Gasteiger partial charge is 0.381 e. The van der Waals surface area contributed by atoms with Gasteiger partial charge in [0, 0.05) is 31.7 Å². The predicted octanol–water partition coefficient (Wildman–Crippen LogP) is 1.40. The number of nitrogens with one attached hydrogen (secondary N) is 2. The standard InChI is InChI=1S/C17H23FN2O3.ClH/c18-14-3-1-13(2-4-14)17(5-8-22-9-6-17)12-20-16(21)15-11-23-10-7-19-15;/h1-4,15,19H,5-12H2,(H,20,21);1H. The van der Waals surface area contributed by atoms with Gasteiger partial charge >= 0.3 is 0 Å². The molecular formula is C17H24ClFN2O3. The lowest BCUT2D eigenvalue weighted by atomic mass is 9.74. The van der Waals surface area contributed by atoms with Gasteiger partial charge in [0.15, 0.2) is 0 Å². The van der Waals surface area contributed by atoms with Crippen molar-refractivity contribution in [2.45, 2.75) is 24.3 Å². The first-order chi connectivity index (χ1) is 11.2. The van der Waals surface area contributed by atoms with E-state index < -0.39 is 0 Å². The van der Waals surface area contributed by atoms with Crippen LogP contribution in [0.4, 0.5) is 4.39 Å². The second kappa shape index (κ2) is 8.76. The van der Waals surface area contributed by atoms with E-state index in [0.717, 1.165) is 18.4 Å². The summed E-state index contributed by atoms with van der Waals surface area (Å²) >= 11 is 0. The molecule has 5 nitrogen and oxygen atoms in total. The highest BCUT2D eigenvalue weighted by Gasteiger charge is 2.35. The van der Waals surface area contributed by atoms with Crippen LogP contribution in [-0.4, -0.2) is 51.5 Å². The highest BCUT2D eigenvalue weighted by atomic mass is 35.5. The molecule has 1 amide bonds. The van der Waals surface area contributed by atoms with E-state index in [1.807, 2.05) is 12.1 Å². The highest BCUT2D eigenvalue weighted by molar-refractivity contribution is 5.85. The fourth-order valence-electron chi connectivity index (χ4n) is 3.25. The summed E-state index contributed by atoms with van der Waals surface area (Å²) in [4.78, 5) is 12.3. The number of rotatable bonds is 4. The topological polar surface area (TPSA) is 59.6 Å². The summed E-state index contributed by atoms with van der Waals surface area (Å²) in [5, 5.41) is 6.20. The third-order valence-electron chi connectivity index (χ3n) is 4.75. The van der Waals surface area contributed by atoms with Crippen molar-refractivity contribution in [3.63, 3.8) is 0 Å². The third kappa shape index (κ3) is 4.45. The van der Waals surface area contributed by atoms with Crippen LogP contribution in [0.15, 0.2) is 24.3 Å². The van der Waals surface area contributed by atoms with E-state index in [-0.39, 0.29) is 35.6 Å². The van der Waals surface area contributed by atoms with Crippen LogP contribution < -0.4 is 10.6 Å². The smallest absolute Gasteiger partial charge is 0.239 e. The summed E-state index contributed by atoms with van der Waals surface area (Å²) < 4.78 is 24.0. The lowest BCUT2D eigenvalue weighted by Gasteiger charge is -2.38. The van der Waals surface area contributed by atoms with Crippen LogP contribution >= 0.6 is 12.4 Å². The number of carbonyl (C=O) groups excluding carboxylic acids is 1. The van der Waals surface area contributed by atoms with Gasteiger partial charge in [-0.15, -0.1) is 12.4 Å². The Hall–Kier alpha value is -1.21. The van der Waals surface area contributed by atoms with Crippen molar-refractivity contribution < 1.29 is 18.7 Å². The lowest BCUT2D eigenvalue weighted by molar-refractivity contribution is -0.126. The van der Waals surface area contributed by atoms with Gasteiger partial charge in [0.2, 0.25) is 5.91 Å². The van der Waals surface area contributed by atoms with E-state index in [4.69, 9.17) is 9.47 Å². The zero-order valence-electron chi connectivity index (χ0n) is 13.6. The monoisotopic (exact) mass is 358 g/mol. The Balaban J connectivity index is 0.00000208. The van der Waals surface area contributed by atoms with E-state index in [1.165, 1.54) is 12.1 Å². The third-order valence-corrected chi connectivity index (χ3v) is 4.75. The molecule has 0 aromatic heterocycles. The minimum Gasteiger partial charge on any atom is -0.381 e. The Kier molecular flexibility index (Phi) is 6.98. The summed E-state index contributed by atoms with van der Waals surface area (Å²) in [6.45, 7) is 3.56. The molecule has 1 aromatic carbocycles. The number of morpholine rings is 1. The van der Waals surface area contributed by atoms with Crippen LogP contribution in [0.5, 0.6) is 0 Å². The van der Waals surface area contributed by atoms with Gasteiger partial charge in [-0.2, -0.15) is 0 Å². The Morgan fingerprint density at radius 2 is 1.92 bits per heavy atom. The number of benzene rings is 1. The Bertz CT molecular complexity index is 529. The predicted molar refractivity (Wildman–Crippen MR) is 91.0 cm³/mol. The van der Waals surface area contributed by atoms with E-state index in [1.54, 1.807) is 0 Å². The number of halogens is 2. The Morgan fingerprint density at radius 1 is 1.21 bits per heavy atom. The summed E-state index contributed by atoms with van der Waals surface area (Å²) in [5.41, 5.74) is 0.854. The van der Waals surface area contributed by atoms with Gasteiger partial charge in [0.1, 0.15) is 11.9 Å². The van der Waals surface area contributed by atoms with Crippen molar-refractivity contribution in [3.8, 4) is 0 Å². The fraction of sp³-hybridized carbons (Fsp3) is 0.588. The van der Waals surface area contributed by atoms with E-state index in [9.17, 15) is 9.18 Å². The quantitative estimate of drug-likeness (QED) is 0.854. The van der Waals surface area contributed by atoms with Crippen molar-refractivity contribution in [2.75, 3.05) is 39.5 Å². The molecule has 2 N–H and O–H groups in total. The van der Waals surface area contributed by atoms with Crippen molar-refractivity contribution in [2.24, 2.45) is 0 Å². The van der Waals surface area contributed by atoms with Gasteiger partial charge < -0.3 is 20.1 Å². The van der Waals surface area contributed by atoms with Crippen molar-refractivity contribution in [3.05, 3.63) is 35.6 Å². The molecule has 1 unspecified atom stereocenters. The van der Waals surface area contributed by atoms with Gasteiger partial charge in [-0.25, -0.2) is 4.39 Å². The van der Waals surface area contributed by atoms with E-state index in [0.29, 0.717) is 39.5 Å². The molecule has 7 heteroatoms. The van der Waals surface area contributed by atoms with Crippen LogP contribution in [-0.2, 0) is 19.7 Å². The number of amides is 1. The first-order valence-corrected chi connectivity index (χ1v) is 8.12. The van der Waals surface area contributed by atoms with Gasteiger partial charge in [0.25, 0.3) is 0 Å². The molecule has 2 saturated heterocycles. The lowest BCUT2D eigenvalue weighted by Crippen LogP contribution is -2.54. The minimum atomic E-state index is -0.297. The maximum Gasteiger partial charge on any atom is 0.239 e. The normalized spacial score (nSPS) is 23.1. The Labute approximate surface area is 147 Å². The maximum absolute atomic E-state index is 13.2. The van der Waals surface area contributed by atoms with Crippen LogP contribution in [0.25, 0.3) is 0 Å². The minimum absolute atomic E-state index is 0. The molecule has 2 aliphatic heterocycles.